The molecular weight excluding hydrogens is 335 g/mol. The molecule has 1 aliphatic rings. The van der Waals surface area contributed by atoms with Crippen molar-refractivity contribution in [3.63, 3.8) is 0 Å². The average Bonchev–Trinajstić information content (AvgIpc) is 2.67. The molecule has 0 unspecified atom stereocenters. The van der Waals surface area contributed by atoms with Crippen LogP contribution in [0.4, 0.5) is 4.39 Å². The number of carbonyl (C=O) groups excluding carboxylic acids is 2. The van der Waals surface area contributed by atoms with Crippen LogP contribution in [0.3, 0.4) is 0 Å². The van der Waals surface area contributed by atoms with E-state index in [0.29, 0.717) is 24.2 Å². The molecule has 1 aromatic carbocycles. The van der Waals surface area contributed by atoms with Gasteiger partial charge in [0.1, 0.15) is 11.5 Å². The molecule has 2 amide bonds. The molecule has 0 saturated carbocycles. The van der Waals surface area contributed by atoms with E-state index in [2.05, 4.69) is 15.2 Å². The van der Waals surface area contributed by atoms with Gasteiger partial charge in [-0.05, 0) is 25.2 Å². The van der Waals surface area contributed by atoms with Crippen LogP contribution in [0, 0.1) is 5.82 Å². The second-order valence-corrected chi connectivity index (χ2v) is 6.30. The zero-order chi connectivity index (χ0) is 18.5. The van der Waals surface area contributed by atoms with Crippen molar-refractivity contribution in [2.24, 2.45) is 0 Å². The summed E-state index contributed by atoms with van der Waals surface area (Å²) in [4.78, 5) is 32.9. The highest BCUT2D eigenvalue weighted by Crippen LogP contribution is 2.10. The molecule has 1 saturated heterocycles. The Kier molecular flexibility index (Phi) is 5.58. The van der Waals surface area contributed by atoms with E-state index in [0.717, 1.165) is 13.1 Å². The number of nitrogens with zero attached hydrogens (tertiary/aromatic N) is 3. The Labute approximate surface area is 151 Å². The fourth-order valence-electron chi connectivity index (χ4n) is 2.79. The molecule has 0 spiro atoms. The molecule has 6 nitrogen and oxygen atoms in total. The van der Waals surface area contributed by atoms with Crippen LogP contribution in [0.25, 0.3) is 0 Å². The number of halogens is 1. The third-order valence-electron chi connectivity index (χ3n) is 4.43. The first-order chi connectivity index (χ1) is 12.5. The Hall–Kier alpha value is -2.80. The van der Waals surface area contributed by atoms with Crippen LogP contribution >= 0.6 is 0 Å². The Morgan fingerprint density at radius 1 is 1.15 bits per heavy atom. The molecule has 1 aliphatic heterocycles. The molecule has 0 radical (unpaired) electrons. The molecule has 2 aromatic rings. The third-order valence-corrected chi connectivity index (χ3v) is 4.43. The summed E-state index contributed by atoms with van der Waals surface area (Å²) >= 11 is 0. The van der Waals surface area contributed by atoms with Crippen LogP contribution < -0.4 is 5.32 Å². The van der Waals surface area contributed by atoms with E-state index >= 15 is 0 Å². The van der Waals surface area contributed by atoms with E-state index in [9.17, 15) is 14.0 Å². The number of hydrogen-bond acceptors (Lipinski definition) is 4. The second kappa shape index (κ2) is 8.05. The van der Waals surface area contributed by atoms with Crippen LogP contribution in [0.1, 0.15) is 26.4 Å². The molecule has 136 valence electrons. The summed E-state index contributed by atoms with van der Waals surface area (Å²) in [6.45, 7) is 3.03. The quantitative estimate of drug-likeness (QED) is 0.903. The fourth-order valence-corrected chi connectivity index (χ4v) is 2.79. The summed E-state index contributed by atoms with van der Waals surface area (Å²) < 4.78 is 13.6. The number of aromatic nitrogens is 1. The van der Waals surface area contributed by atoms with Gasteiger partial charge in [0.15, 0.2) is 0 Å². The number of rotatable bonds is 4. The highest BCUT2D eigenvalue weighted by atomic mass is 19.1. The lowest BCUT2D eigenvalue weighted by Crippen LogP contribution is -2.47. The number of piperazine rings is 1. The molecule has 3 rings (SSSR count). The summed E-state index contributed by atoms with van der Waals surface area (Å²) in [5, 5.41) is 2.63. The van der Waals surface area contributed by atoms with Gasteiger partial charge in [-0.15, -0.1) is 0 Å². The molecule has 0 bridgehead atoms. The number of carbonyl (C=O) groups is 2. The average molecular weight is 356 g/mol. The van der Waals surface area contributed by atoms with Gasteiger partial charge >= 0.3 is 0 Å². The first-order valence-electron chi connectivity index (χ1n) is 8.50. The topological polar surface area (TPSA) is 65.5 Å². The van der Waals surface area contributed by atoms with Crippen molar-refractivity contribution in [3.8, 4) is 0 Å². The lowest BCUT2D eigenvalue weighted by molar-refractivity contribution is 0.0664. The van der Waals surface area contributed by atoms with Gasteiger partial charge in [-0.2, -0.15) is 0 Å². The summed E-state index contributed by atoms with van der Waals surface area (Å²) in [6, 6.07) is 9.34. The van der Waals surface area contributed by atoms with E-state index in [-0.39, 0.29) is 24.0 Å². The zero-order valence-electron chi connectivity index (χ0n) is 14.6. The molecular formula is C19H21FN4O2. The molecule has 0 atom stereocenters. The van der Waals surface area contributed by atoms with Crippen LogP contribution in [0.2, 0.25) is 0 Å². The van der Waals surface area contributed by atoms with Crippen LogP contribution in [0.15, 0.2) is 42.6 Å². The van der Waals surface area contributed by atoms with E-state index in [4.69, 9.17) is 0 Å². The largest absolute Gasteiger partial charge is 0.347 e. The van der Waals surface area contributed by atoms with Gasteiger partial charge in [0.25, 0.3) is 11.8 Å². The third kappa shape index (κ3) is 4.23. The van der Waals surface area contributed by atoms with Gasteiger partial charge < -0.3 is 15.1 Å². The minimum absolute atomic E-state index is 0.0593. The number of amides is 2. The first kappa shape index (κ1) is 18.0. The molecule has 7 heteroatoms. The highest BCUT2D eigenvalue weighted by molar-refractivity contribution is 5.98. The number of nitrogens with one attached hydrogen (secondary N) is 1. The maximum Gasteiger partial charge on any atom is 0.270 e. The van der Waals surface area contributed by atoms with Gasteiger partial charge in [-0.1, -0.05) is 18.2 Å². The fraction of sp³-hybridized carbons (Fsp3) is 0.316. The van der Waals surface area contributed by atoms with E-state index < -0.39 is 5.91 Å². The van der Waals surface area contributed by atoms with Gasteiger partial charge in [0.05, 0.1) is 0 Å². The van der Waals surface area contributed by atoms with E-state index in [1.54, 1.807) is 29.2 Å². The SMILES string of the molecule is CN1CCN(C(=O)c2ccnc(C(=O)NCc3ccccc3F)c2)CC1. The Balaban J connectivity index is 1.65. The summed E-state index contributed by atoms with van der Waals surface area (Å²) in [5.74, 6) is -0.926. The molecule has 1 aromatic heterocycles. The van der Waals surface area contributed by atoms with Crippen LogP contribution in [0.5, 0.6) is 0 Å². The summed E-state index contributed by atoms with van der Waals surface area (Å²) in [7, 11) is 2.02. The maximum atomic E-state index is 13.6. The van der Waals surface area contributed by atoms with Crippen molar-refractivity contribution < 1.29 is 14.0 Å². The Morgan fingerprint density at radius 2 is 1.88 bits per heavy atom. The molecule has 1 N–H and O–H groups in total. The second-order valence-electron chi connectivity index (χ2n) is 6.30. The van der Waals surface area contributed by atoms with Crippen molar-refractivity contribution >= 4 is 11.8 Å². The summed E-state index contributed by atoms with van der Waals surface area (Å²) in [6.07, 6.45) is 1.45. The molecule has 0 aliphatic carbocycles. The minimum Gasteiger partial charge on any atom is -0.347 e. The lowest BCUT2D eigenvalue weighted by atomic mass is 10.1. The molecule has 2 heterocycles. The van der Waals surface area contributed by atoms with Crippen molar-refractivity contribution in [2.45, 2.75) is 6.54 Å². The predicted molar refractivity (Wildman–Crippen MR) is 95.2 cm³/mol. The van der Waals surface area contributed by atoms with Gasteiger partial charge in [0.2, 0.25) is 0 Å². The van der Waals surface area contributed by atoms with Gasteiger partial charge in [0, 0.05) is 50.0 Å². The predicted octanol–water partition coefficient (Wildman–Crippen LogP) is 1.54. The zero-order valence-corrected chi connectivity index (χ0v) is 14.6. The number of pyridine rings is 1. The number of benzene rings is 1. The first-order valence-corrected chi connectivity index (χ1v) is 8.50. The number of hydrogen-bond donors (Lipinski definition) is 1. The monoisotopic (exact) mass is 356 g/mol. The summed E-state index contributed by atoms with van der Waals surface area (Å²) in [5.41, 5.74) is 0.965. The van der Waals surface area contributed by atoms with Gasteiger partial charge in [-0.3, -0.25) is 14.6 Å². The Morgan fingerprint density at radius 3 is 2.62 bits per heavy atom. The molecule has 26 heavy (non-hydrogen) atoms. The van der Waals surface area contributed by atoms with Crippen molar-refractivity contribution in [1.29, 1.82) is 0 Å². The van der Waals surface area contributed by atoms with Crippen molar-refractivity contribution in [1.82, 2.24) is 20.1 Å². The molecule has 1 fully saturated rings. The standard InChI is InChI=1S/C19H21FN4O2/c1-23-8-10-24(11-9-23)19(26)14-6-7-21-17(12-14)18(25)22-13-15-4-2-3-5-16(15)20/h2-7,12H,8-11,13H2,1H3,(H,22,25). The van der Waals surface area contributed by atoms with Gasteiger partial charge in [-0.25, -0.2) is 4.39 Å². The smallest absolute Gasteiger partial charge is 0.270 e. The van der Waals surface area contributed by atoms with Crippen molar-refractivity contribution in [3.05, 3.63) is 65.2 Å². The maximum absolute atomic E-state index is 13.6. The van der Waals surface area contributed by atoms with Crippen LogP contribution in [-0.2, 0) is 6.54 Å². The highest BCUT2D eigenvalue weighted by Gasteiger charge is 2.21. The van der Waals surface area contributed by atoms with Crippen molar-refractivity contribution in [2.75, 3.05) is 33.2 Å². The van der Waals surface area contributed by atoms with Crippen LogP contribution in [-0.4, -0.2) is 59.8 Å². The lowest BCUT2D eigenvalue weighted by Gasteiger charge is -2.32. The normalized spacial score (nSPS) is 14.9. The minimum atomic E-state index is -0.443. The van der Waals surface area contributed by atoms with E-state index in [1.807, 2.05) is 7.05 Å². The van der Waals surface area contributed by atoms with E-state index in [1.165, 1.54) is 18.3 Å². The number of likely N-dealkylation sites (N-methyl/N-ethyl adjacent to an activating group) is 1. The Bertz CT molecular complexity index is 804.